The Morgan fingerprint density at radius 2 is 0.856 bits per heavy atom. The molecule has 6 aliphatic carbocycles. The van der Waals surface area contributed by atoms with E-state index in [2.05, 4.69) is 120 Å². The fourth-order valence-corrected chi connectivity index (χ4v) is 18.9. The van der Waals surface area contributed by atoms with Gasteiger partial charge in [-0.1, -0.05) is 65.7 Å². The number of hydrogen-bond donors (Lipinski definition) is 0. The van der Waals surface area contributed by atoms with Crippen molar-refractivity contribution in [3.63, 3.8) is 0 Å². The Hall–Kier alpha value is -11.8. The first-order valence-corrected chi connectivity index (χ1v) is 38.2. The molecule has 0 N–H and O–H groups in total. The molecule has 3 fully saturated rings. The van der Waals surface area contributed by atoms with Crippen LogP contribution in [0.1, 0.15) is 172 Å². The molecule has 111 heavy (non-hydrogen) atoms. The van der Waals surface area contributed by atoms with Gasteiger partial charge in [-0.15, -0.1) is 34.1 Å². The second kappa shape index (κ2) is 27.3. The second-order valence-electron chi connectivity index (χ2n) is 30.7. The monoisotopic (exact) mass is 1510 g/mol. The normalized spacial score (nSPS) is 21.9. The Kier molecular flexibility index (Phi) is 18.1. The first-order valence-electron chi connectivity index (χ1n) is 36.1. The summed E-state index contributed by atoms with van der Waals surface area (Å²) in [7, 11) is -0.664. The van der Waals surface area contributed by atoms with Gasteiger partial charge in [-0.3, -0.25) is 19.2 Å². The standard InChI is InChI=1S/C28H28F2N6O2S.C28H23F2N5O.C28H21F2N5O/c1-27(2)18-9-10-28(27,25-17(18)11-21(34-35-25)24-19(29)7-6-8-20(24)30)23-13-31-12-22(33-23)26-32-16(15-38-26)14-36(3)39(4,5)37;2*1-4-5-7-16-15-36-26(32-16)22-13-31-14-23(33-22)28-11-10-18(27(28,2)3)17-12-21(34-35-25(17)28)24-19(29)8-6-9-20(24)30/h6-8,11-13,15,18H,4,9-10,14H2,1-3,5H3;1,6,8-9,12-15,18H,5,7,10-11H2,2-3H3;1,5-9,12-15,18H,10-11H2,2-3H3/b;;7-5+/t18-,28-,39?;2*18-,28-/m000/s1. The van der Waals surface area contributed by atoms with Crippen molar-refractivity contribution in [2.24, 2.45) is 16.2 Å². The highest BCUT2D eigenvalue weighted by Crippen LogP contribution is 2.72. The van der Waals surface area contributed by atoms with Crippen molar-refractivity contribution in [2.45, 2.75) is 133 Å². The van der Waals surface area contributed by atoms with Crippen molar-refractivity contribution in [1.29, 1.82) is 0 Å². The molecule has 0 aliphatic heterocycles. The molecule has 0 radical (unpaired) electrons. The summed E-state index contributed by atoms with van der Waals surface area (Å²) in [5.74, 6) is 6.12. The fraction of sp³-hybridized carbons (Fsp3) is 0.310. The van der Waals surface area contributed by atoms with E-state index in [0.717, 1.165) is 95.1 Å². The number of rotatable bonds is 15. The lowest BCUT2D eigenvalue weighted by atomic mass is 9.66. The highest BCUT2D eigenvalue weighted by Gasteiger charge is 2.68. The van der Waals surface area contributed by atoms with Crippen LogP contribution in [0.3, 0.4) is 0 Å². The second-order valence-corrected chi connectivity index (χ2v) is 33.3. The van der Waals surface area contributed by atoms with Crippen molar-refractivity contribution in [3.05, 3.63) is 238 Å². The number of hydrogen-bond acceptors (Lipinski definition) is 19. The van der Waals surface area contributed by atoms with Gasteiger partial charge >= 0.3 is 0 Å². The number of aromatic nitrogens is 15. The molecule has 27 heteroatoms. The minimum absolute atomic E-state index is 0.109. The molecule has 0 spiro atoms. The molecule has 9 heterocycles. The molecule has 3 saturated carbocycles. The first kappa shape index (κ1) is 73.3. The number of halogens is 6. The van der Waals surface area contributed by atoms with Crippen LogP contribution in [0.15, 0.2) is 148 Å². The molecule has 9 aromatic heterocycles. The number of nitrogens with zero attached hydrogens (tertiary/aromatic N) is 16. The molecule has 0 amide bonds. The van der Waals surface area contributed by atoms with E-state index in [0.29, 0.717) is 65.5 Å². The molecule has 1 unspecified atom stereocenters. The molecule has 18 rings (SSSR count). The van der Waals surface area contributed by atoms with Crippen LogP contribution in [0.25, 0.3) is 74.6 Å². The summed E-state index contributed by atoms with van der Waals surface area (Å²) in [6, 6.07) is 16.7. The van der Waals surface area contributed by atoms with Gasteiger partial charge in [-0.05, 0) is 169 Å². The Morgan fingerprint density at radius 1 is 0.505 bits per heavy atom. The lowest BCUT2D eigenvalue weighted by Gasteiger charge is -2.37. The van der Waals surface area contributed by atoms with Crippen LogP contribution < -0.4 is 0 Å². The van der Waals surface area contributed by atoms with Crippen LogP contribution in [0.2, 0.25) is 0 Å². The van der Waals surface area contributed by atoms with E-state index < -0.39 is 60.9 Å². The third kappa shape index (κ3) is 11.7. The maximum atomic E-state index is 14.5. The zero-order valence-electron chi connectivity index (χ0n) is 61.7. The summed E-state index contributed by atoms with van der Waals surface area (Å²) in [5.41, 5.74) is 8.34. The van der Waals surface area contributed by atoms with Gasteiger partial charge in [-0.25, -0.2) is 60.6 Å². The van der Waals surface area contributed by atoms with Gasteiger partial charge in [-0.2, -0.15) is 15.3 Å². The molecular weight excluding hydrogens is 1440 g/mol. The molecule has 20 nitrogen and oxygen atoms in total. The molecular formula is C84H72F6N16O4S. The lowest BCUT2D eigenvalue weighted by Crippen LogP contribution is -2.38. The van der Waals surface area contributed by atoms with Gasteiger partial charge in [0.05, 0.1) is 121 Å². The van der Waals surface area contributed by atoms with E-state index in [-0.39, 0.29) is 67.8 Å². The first-order chi connectivity index (χ1) is 53.2. The van der Waals surface area contributed by atoms with E-state index >= 15 is 0 Å². The van der Waals surface area contributed by atoms with E-state index in [1.54, 1.807) is 91.4 Å². The summed E-state index contributed by atoms with van der Waals surface area (Å²) in [6.45, 7) is 13.4. The summed E-state index contributed by atoms with van der Waals surface area (Å²) in [5, 5.41) is 26.6. The van der Waals surface area contributed by atoms with Crippen LogP contribution in [0.4, 0.5) is 26.3 Å². The van der Waals surface area contributed by atoms with Gasteiger partial charge in [0.1, 0.15) is 76.5 Å². The topological polar surface area (TPSA) is 253 Å². The number of allylic oxidation sites excluding steroid dienone is 1. The van der Waals surface area contributed by atoms with Crippen LogP contribution in [0, 0.1) is 75.8 Å². The minimum Gasteiger partial charge on any atom is -0.443 e. The quantitative estimate of drug-likeness (QED) is 0.0525. The van der Waals surface area contributed by atoms with E-state index in [1.807, 2.05) is 0 Å². The van der Waals surface area contributed by atoms with Crippen molar-refractivity contribution >= 4 is 21.7 Å². The Labute approximate surface area is 635 Å². The van der Waals surface area contributed by atoms with Crippen molar-refractivity contribution in [3.8, 4) is 93.2 Å². The summed E-state index contributed by atoms with van der Waals surface area (Å²) in [6.07, 6.45) is 36.3. The average molecular weight is 1520 g/mol. The van der Waals surface area contributed by atoms with Crippen LogP contribution in [0.5, 0.6) is 0 Å². The number of terminal acetylenes is 2. The van der Waals surface area contributed by atoms with Gasteiger partial charge in [0, 0.05) is 47.4 Å². The fourth-order valence-electron chi connectivity index (χ4n) is 18.5. The highest BCUT2D eigenvalue weighted by molar-refractivity contribution is 7.97. The molecule has 0 saturated heterocycles. The number of benzene rings is 3. The van der Waals surface area contributed by atoms with Crippen LogP contribution >= 0.6 is 0 Å². The van der Waals surface area contributed by atoms with Crippen molar-refractivity contribution in [2.75, 3.05) is 13.3 Å². The predicted octanol–water partition coefficient (Wildman–Crippen LogP) is 16.1. The van der Waals surface area contributed by atoms with Crippen molar-refractivity contribution in [1.82, 2.24) is 79.8 Å². The molecule has 3 aromatic carbocycles. The zero-order valence-corrected chi connectivity index (χ0v) is 62.5. The zero-order chi connectivity index (χ0) is 77.9. The number of aryl methyl sites for hydroxylation is 1. The summed E-state index contributed by atoms with van der Waals surface area (Å²) >= 11 is 0. The smallest absolute Gasteiger partial charge is 0.247 e. The Bertz CT molecular complexity index is 5930. The lowest BCUT2D eigenvalue weighted by molar-refractivity contribution is 0.242. The highest BCUT2D eigenvalue weighted by atomic mass is 32.2. The Morgan fingerprint density at radius 3 is 1.22 bits per heavy atom. The molecule has 6 bridgehead atoms. The van der Waals surface area contributed by atoms with E-state index in [9.17, 15) is 30.6 Å². The largest absolute Gasteiger partial charge is 0.443 e. The predicted molar refractivity (Wildman–Crippen MR) is 402 cm³/mol. The van der Waals surface area contributed by atoms with Crippen molar-refractivity contribution < 1.29 is 43.8 Å². The van der Waals surface area contributed by atoms with Gasteiger partial charge in [0.15, 0.2) is 0 Å². The SMILES string of the molecule is C#C/C=C/c1coc(-c2cncc([C@@]34CC[C@@H](c5cc(-c6c(F)cccc6F)nnc53)C4(C)C)n2)n1.C#CCCc1coc(-c2cncc([C@@]34CC[C@@H](c5cc(-c6c(F)cccc6F)nnc53)C4(C)C)n2)n1.C=S(C)(=O)N(C)Cc1coc(-c2cncc([C@@]34CC[C@@H](c5cc(-c6c(F)cccc6F)nnc53)C4(C)C)n2)n1. The third-order valence-corrected chi connectivity index (χ3v) is 25.7. The van der Waals surface area contributed by atoms with Crippen LogP contribution in [-0.2, 0) is 38.9 Å². The molecule has 6 aliphatic rings. The third-order valence-electron chi connectivity index (χ3n) is 24.2. The molecule has 560 valence electrons. The van der Waals surface area contributed by atoms with E-state index in [1.165, 1.54) is 67.1 Å². The van der Waals surface area contributed by atoms with E-state index in [4.69, 9.17) is 41.1 Å². The number of fused-ring (bicyclic) bond motifs is 15. The minimum atomic E-state index is -2.38. The average Bonchev–Trinajstić information content (AvgIpc) is 1.53. The Balaban J connectivity index is 0.000000126. The maximum Gasteiger partial charge on any atom is 0.247 e. The molecule has 7 atom stereocenters. The van der Waals surface area contributed by atoms with Gasteiger partial charge < -0.3 is 13.3 Å². The maximum absolute atomic E-state index is 14.5. The van der Waals surface area contributed by atoms with Gasteiger partial charge in [0.25, 0.3) is 0 Å². The molecule has 12 aromatic rings. The summed E-state index contributed by atoms with van der Waals surface area (Å²) in [4.78, 5) is 41.7. The van der Waals surface area contributed by atoms with Gasteiger partial charge in [0.2, 0.25) is 17.7 Å². The van der Waals surface area contributed by atoms with Crippen LogP contribution in [-0.4, -0.2) is 103 Å². The summed E-state index contributed by atoms with van der Waals surface area (Å²) < 4.78 is 118. The number of oxazole rings is 3.